The van der Waals surface area contributed by atoms with E-state index in [1.807, 2.05) is 4.72 Å². The van der Waals surface area contributed by atoms with E-state index in [-0.39, 0.29) is 12.2 Å². The highest BCUT2D eigenvalue weighted by molar-refractivity contribution is 7.89. The first-order valence-electron chi connectivity index (χ1n) is 12.3. The van der Waals surface area contributed by atoms with E-state index in [0.717, 1.165) is 6.07 Å². The molecular weight excluding hydrogens is 548 g/mol. The second-order valence-corrected chi connectivity index (χ2v) is 12.6. The summed E-state index contributed by atoms with van der Waals surface area (Å²) in [5.74, 6) is 4.28. The zero-order valence-corrected chi connectivity index (χ0v) is 22.1. The van der Waals surface area contributed by atoms with Gasteiger partial charge in [-0.3, -0.25) is 15.3 Å². The van der Waals surface area contributed by atoms with Gasteiger partial charge in [-0.1, -0.05) is 23.4 Å². The smallest absolute Gasteiger partial charge is 0.297 e. The number of hydrogen-bond donors (Lipinski definition) is 5. The SMILES string of the molecule is N[C@]1(NC(=O)c2ccc(S(=O)(=O)NC(=O)C3CCNC3)o2)C#C[C@]2(C1)C[C@](N)(c1nc3cc(Cl)ccc3o1)C2. The van der Waals surface area contributed by atoms with E-state index in [9.17, 15) is 18.0 Å². The number of hydrogen-bond acceptors (Lipinski definition) is 10. The van der Waals surface area contributed by atoms with E-state index in [1.54, 1.807) is 18.2 Å². The molecule has 1 spiro atoms. The molecule has 0 bridgehead atoms. The van der Waals surface area contributed by atoms with Gasteiger partial charge in [-0.05, 0) is 56.1 Å². The molecule has 1 aliphatic heterocycles. The summed E-state index contributed by atoms with van der Waals surface area (Å²) in [6.45, 7) is 1.02. The van der Waals surface area contributed by atoms with Crippen LogP contribution in [0.5, 0.6) is 0 Å². The minimum atomic E-state index is -4.29. The average Bonchev–Trinajstić information content (AvgIpc) is 3.63. The number of sulfonamides is 1. The van der Waals surface area contributed by atoms with Crippen molar-refractivity contribution in [2.75, 3.05) is 13.1 Å². The Morgan fingerprint density at radius 3 is 2.67 bits per heavy atom. The van der Waals surface area contributed by atoms with Crippen molar-refractivity contribution in [3.8, 4) is 11.8 Å². The van der Waals surface area contributed by atoms with Gasteiger partial charge in [-0.2, -0.15) is 8.42 Å². The van der Waals surface area contributed by atoms with Gasteiger partial charge < -0.3 is 25.2 Å². The van der Waals surface area contributed by atoms with Crippen molar-refractivity contribution in [2.45, 2.75) is 42.0 Å². The van der Waals surface area contributed by atoms with Gasteiger partial charge in [0.1, 0.15) is 5.52 Å². The molecule has 2 atom stereocenters. The van der Waals surface area contributed by atoms with Crippen LogP contribution in [0.25, 0.3) is 11.1 Å². The molecule has 1 unspecified atom stereocenters. The van der Waals surface area contributed by atoms with Crippen LogP contribution in [0.15, 0.2) is 44.3 Å². The Hall–Kier alpha value is -3.41. The molecule has 3 aromatic rings. The summed E-state index contributed by atoms with van der Waals surface area (Å²) < 4.78 is 38.3. The molecule has 0 radical (unpaired) electrons. The van der Waals surface area contributed by atoms with Crippen LogP contribution in [0.4, 0.5) is 0 Å². The van der Waals surface area contributed by atoms with Crippen molar-refractivity contribution in [1.29, 1.82) is 0 Å². The molecule has 204 valence electrons. The van der Waals surface area contributed by atoms with E-state index in [2.05, 4.69) is 27.5 Å². The predicted molar refractivity (Wildman–Crippen MR) is 138 cm³/mol. The number of nitrogens with zero attached hydrogens (tertiary/aromatic N) is 1. The van der Waals surface area contributed by atoms with Crippen LogP contribution < -0.4 is 26.8 Å². The minimum Gasteiger partial charge on any atom is -0.439 e. The monoisotopic (exact) mass is 572 g/mol. The van der Waals surface area contributed by atoms with Crippen LogP contribution >= 0.6 is 11.6 Å². The number of aromatic nitrogens is 1. The van der Waals surface area contributed by atoms with Gasteiger partial charge in [-0.15, -0.1) is 0 Å². The summed E-state index contributed by atoms with van der Waals surface area (Å²) in [5.41, 5.74) is 11.4. The number of nitrogens with two attached hydrogens (primary N) is 2. The highest BCUT2D eigenvalue weighted by Crippen LogP contribution is 2.57. The standard InChI is InChI=1S/C25H25ClN6O6S/c26-15-1-2-17-16(9-15)30-22(38-17)24(27)11-23(12-24)6-7-25(28,13-23)31-21(34)18-3-4-19(37-18)39(35,36)32-20(33)14-5-8-29-10-14/h1-4,9,14,29H,5,8,10-13,27-28H2,(H,31,34)(H,32,33)/t14?,23-,24+,25-/m0/s1. The number of rotatable bonds is 6. The molecule has 1 aromatic carbocycles. The number of amides is 2. The Morgan fingerprint density at radius 2 is 1.92 bits per heavy atom. The molecule has 7 N–H and O–H groups in total. The van der Waals surface area contributed by atoms with Crippen molar-refractivity contribution >= 4 is 44.5 Å². The number of oxazole rings is 1. The van der Waals surface area contributed by atoms with Crippen molar-refractivity contribution < 1.29 is 26.8 Å². The molecule has 2 amide bonds. The first-order valence-corrected chi connectivity index (χ1v) is 14.1. The van der Waals surface area contributed by atoms with Crippen LogP contribution in [0.2, 0.25) is 5.02 Å². The zero-order valence-electron chi connectivity index (χ0n) is 20.5. The van der Waals surface area contributed by atoms with Gasteiger partial charge >= 0.3 is 0 Å². The molecule has 6 rings (SSSR count). The van der Waals surface area contributed by atoms with E-state index in [4.69, 9.17) is 31.9 Å². The Bertz CT molecular complexity index is 1680. The lowest BCUT2D eigenvalue weighted by Crippen LogP contribution is -2.60. The zero-order chi connectivity index (χ0) is 27.6. The fourth-order valence-electron chi connectivity index (χ4n) is 5.57. The average molecular weight is 573 g/mol. The molecule has 14 heteroatoms. The van der Waals surface area contributed by atoms with Crippen molar-refractivity contribution in [3.05, 3.63) is 47.0 Å². The maximum Gasteiger partial charge on any atom is 0.297 e. The normalized spacial score (nSPS) is 29.7. The molecule has 12 nitrogen and oxygen atoms in total. The van der Waals surface area contributed by atoms with E-state index >= 15 is 0 Å². The molecule has 3 aliphatic rings. The van der Waals surface area contributed by atoms with Gasteiger partial charge in [0.25, 0.3) is 15.9 Å². The lowest BCUT2D eigenvalue weighted by molar-refractivity contribution is -0.122. The third kappa shape index (κ3) is 4.68. The molecule has 2 aliphatic carbocycles. The molecule has 1 saturated heterocycles. The summed E-state index contributed by atoms with van der Waals surface area (Å²) in [4.78, 5) is 29.6. The third-order valence-electron chi connectivity index (χ3n) is 7.32. The number of carbonyl (C=O) groups excluding carboxylic acids is 2. The first kappa shape index (κ1) is 25.8. The van der Waals surface area contributed by atoms with Crippen LogP contribution in [-0.4, -0.2) is 44.0 Å². The van der Waals surface area contributed by atoms with Gasteiger partial charge in [0.05, 0.1) is 11.5 Å². The second-order valence-electron chi connectivity index (χ2n) is 10.6. The van der Waals surface area contributed by atoms with Gasteiger partial charge in [0.2, 0.25) is 16.9 Å². The maximum atomic E-state index is 12.9. The van der Waals surface area contributed by atoms with Crippen molar-refractivity contribution in [3.63, 3.8) is 0 Å². The molecule has 39 heavy (non-hydrogen) atoms. The fraction of sp³-hybridized carbons (Fsp3) is 0.400. The highest BCUT2D eigenvalue weighted by atomic mass is 35.5. The number of halogens is 1. The highest BCUT2D eigenvalue weighted by Gasteiger charge is 2.59. The summed E-state index contributed by atoms with van der Waals surface area (Å²) in [6, 6.07) is 7.43. The topological polar surface area (TPSA) is 196 Å². The number of furan rings is 1. The van der Waals surface area contributed by atoms with Crippen LogP contribution in [0, 0.1) is 23.2 Å². The van der Waals surface area contributed by atoms with Crippen LogP contribution in [0.3, 0.4) is 0 Å². The van der Waals surface area contributed by atoms with E-state index in [1.165, 1.54) is 6.07 Å². The fourth-order valence-corrected chi connectivity index (χ4v) is 6.72. The van der Waals surface area contributed by atoms with Crippen molar-refractivity contribution in [2.24, 2.45) is 22.8 Å². The molecular formula is C25H25ClN6O6S. The first-order chi connectivity index (χ1) is 18.4. The van der Waals surface area contributed by atoms with Gasteiger partial charge in [0.15, 0.2) is 17.0 Å². The van der Waals surface area contributed by atoms with Crippen LogP contribution in [0.1, 0.15) is 42.1 Å². The predicted octanol–water partition coefficient (Wildman–Crippen LogP) is 0.915. The minimum absolute atomic E-state index is 0.258. The number of benzene rings is 1. The summed E-state index contributed by atoms with van der Waals surface area (Å²) in [5, 5.41) is 5.60. The molecule has 1 saturated carbocycles. The molecule has 2 aromatic heterocycles. The largest absolute Gasteiger partial charge is 0.439 e. The summed E-state index contributed by atoms with van der Waals surface area (Å²) in [6.07, 6.45) is 1.63. The van der Waals surface area contributed by atoms with Gasteiger partial charge in [0, 0.05) is 23.4 Å². The second kappa shape index (κ2) is 8.80. The van der Waals surface area contributed by atoms with E-state index < -0.39 is 49.5 Å². The Kier molecular flexibility index (Phi) is 5.83. The molecule has 3 heterocycles. The Balaban J connectivity index is 1.09. The maximum absolute atomic E-state index is 12.9. The number of carbonyl (C=O) groups is 2. The Labute approximate surface area is 228 Å². The lowest BCUT2D eigenvalue weighted by atomic mass is 9.57. The third-order valence-corrected chi connectivity index (χ3v) is 8.78. The lowest BCUT2D eigenvalue weighted by Gasteiger charge is -2.49. The summed E-state index contributed by atoms with van der Waals surface area (Å²) >= 11 is 6.04. The molecule has 2 fully saturated rings. The van der Waals surface area contributed by atoms with E-state index in [0.29, 0.717) is 54.4 Å². The number of nitrogens with one attached hydrogen (secondary N) is 3. The quantitative estimate of drug-likeness (QED) is 0.209. The number of fused-ring (bicyclic) bond motifs is 1. The van der Waals surface area contributed by atoms with Gasteiger partial charge in [-0.25, -0.2) is 9.71 Å². The van der Waals surface area contributed by atoms with Crippen LogP contribution in [-0.2, 0) is 20.4 Å². The summed E-state index contributed by atoms with van der Waals surface area (Å²) in [7, 11) is -4.29. The van der Waals surface area contributed by atoms with Crippen molar-refractivity contribution in [1.82, 2.24) is 20.3 Å². The Morgan fingerprint density at radius 1 is 1.13 bits per heavy atom.